The molecule has 5 nitrogen and oxygen atoms in total. The van der Waals surface area contributed by atoms with Crippen LogP contribution in [0, 0.1) is 0 Å². The molecular weight excluding hydrogens is 264 g/mol. The van der Waals surface area contributed by atoms with Crippen LogP contribution >= 0.6 is 0 Å². The van der Waals surface area contributed by atoms with Gasteiger partial charge in [-0.15, -0.1) is 0 Å². The van der Waals surface area contributed by atoms with Crippen LogP contribution in [0.4, 0.5) is 0 Å². The number of rotatable bonds is 3. The fourth-order valence-electron chi connectivity index (χ4n) is 2.67. The van der Waals surface area contributed by atoms with Gasteiger partial charge < -0.3 is 14.8 Å². The average molecular weight is 284 g/mol. The van der Waals surface area contributed by atoms with E-state index < -0.39 is 0 Å². The van der Waals surface area contributed by atoms with Gasteiger partial charge in [-0.3, -0.25) is 4.79 Å². The van der Waals surface area contributed by atoms with Crippen LogP contribution in [0.1, 0.15) is 27.3 Å². The molecule has 0 aliphatic carbocycles. The van der Waals surface area contributed by atoms with Crippen molar-refractivity contribution >= 4 is 5.91 Å². The lowest BCUT2D eigenvalue weighted by Crippen LogP contribution is -2.28. The van der Waals surface area contributed by atoms with Gasteiger partial charge in [-0.05, 0) is 36.2 Å². The summed E-state index contributed by atoms with van der Waals surface area (Å²) in [4.78, 5) is 18.5. The maximum atomic E-state index is 12.5. The predicted octanol–water partition coefficient (Wildman–Crippen LogP) is 1.34. The van der Waals surface area contributed by atoms with Crippen LogP contribution in [0.2, 0.25) is 0 Å². The Labute approximate surface area is 124 Å². The van der Waals surface area contributed by atoms with Crippen molar-refractivity contribution in [3.05, 3.63) is 53.1 Å². The van der Waals surface area contributed by atoms with Crippen LogP contribution in [0.25, 0.3) is 0 Å². The smallest absolute Gasteiger partial charge is 0.254 e. The zero-order valence-corrected chi connectivity index (χ0v) is 12.5. The summed E-state index contributed by atoms with van der Waals surface area (Å²) in [6.45, 7) is 2.37. The van der Waals surface area contributed by atoms with Gasteiger partial charge in [-0.1, -0.05) is 6.07 Å². The summed E-state index contributed by atoms with van der Waals surface area (Å²) in [6, 6.07) is 6.03. The number of aromatic nitrogens is 2. The van der Waals surface area contributed by atoms with E-state index >= 15 is 0 Å². The molecule has 110 valence electrons. The van der Waals surface area contributed by atoms with Crippen LogP contribution in [-0.4, -0.2) is 34.0 Å². The number of nitrogens with one attached hydrogen (secondary N) is 1. The Morgan fingerprint density at radius 1 is 1.43 bits per heavy atom. The second-order valence-corrected chi connectivity index (χ2v) is 5.53. The summed E-state index contributed by atoms with van der Waals surface area (Å²) in [6.07, 6.45) is 4.67. The molecule has 1 amide bonds. The first-order valence-corrected chi connectivity index (χ1v) is 7.19. The summed E-state index contributed by atoms with van der Waals surface area (Å²) in [5.74, 6) is 0.914. The number of hydrogen-bond acceptors (Lipinski definition) is 3. The third-order valence-electron chi connectivity index (χ3n) is 3.99. The fourth-order valence-corrected chi connectivity index (χ4v) is 2.67. The number of fused-ring (bicyclic) bond motifs is 1. The molecule has 1 N–H and O–H groups in total. The zero-order valence-electron chi connectivity index (χ0n) is 12.5. The van der Waals surface area contributed by atoms with Crippen LogP contribution in [-0.2, 0) is 26.6 Å². The number of imidazole rings is 1. The number of carbonyl (C=O) groups is 1. The van der Waals surface area contributed by atoms with E-state index in [1.54, 1.807) is 11.1 Å². The van der Waals surface area contributed by atoms with Gasteiger partial charge in [0.05, 0.1) is 6.54 Å². The Bertz CT molecular complexity index is 662. The lowest BCUT2D eigenvalue weighted by atomic mass is 9.98. The minimum Gasteiger partial charge on any atom is -0.337 e. The highest BCUT2D eigenvalue weighted by molar-refractivity contribution is 5.94. The van der Waals surface area contributed by atoms with Crippen molar-refractivity contribution in [1.82, 2.24) is 19.8 Å². The number of hydrogen-bond donors (Lipinski definition) is 1. The molecule has 0 radical (unpaired) electrons. The number of carbonyl (C=O) groups excluding carboxylic acids is 1. The van der Waals surface area contributed by atoms with E-state index in [0.717, 1.165) is 30.9 Å². The second-order valence-electron chi connectivity index (χ2n) is 5.53. The molecule has 21 heavy (non-hydrogen) atoms. The molecule has 0 fully saturated rings. The highest BCUT2D eigenvalue weighted by Crippen LogP contribution is 2.17. The fraction of sp³-hybridized carbons (Fsp3) is 0.375. The Kier molecular flexibility index (Phi) is 3.75. The average Bonchev–Trinajstić information content (AvgIpc) is 2.91. The normalized spacial score (nSPS) is 13.8. The number of nitrogens with zero attached hydrogens (tertiary/aromatic N) is 3. The lowest BCUT2D eigenvalue weighted by molar-refractivity contribution is 0.0780. The van der Waals surface area contributed by atoms with Gasteiger partial charge in [-0.2, -0.15) is 0 Å². The standard InChI is InChI=1S/C16H20N4O/c1-19-8-7-18-15(19)11-20(2)16(21)13-4-3-12-5-6-17-10-14(12)9-13/h3-4,7-9,17H,5-6,10-11H2,1-2H3. The Balaban J connectivity index is 1.76. The maximum Gasteiger partial charge on any atom is 0.254 e. The van der Waals surface area contributed by atoms with E-state index in [-0.39, 0.29) is 5.91 Å². The van der Waals surface area contributed by atoms with E-state index in [9.17, 15) is 4.79 Å². The molecule has 0 saturated carbocycles. The van der Waals surface area contributed by atoms with Crippen molar-refractivity contribution in [1.29, 1.82) is 0 Å². The van der Waals surface area contributed by atoms with Crippen molar-refractivity contribution < 1.29 is 4.79 Å². The third kappa shape index (κ3) is 2.83. The highest BCUT2D eigenvalue weighted by atomic mass is 16.2. The van der Waals surface area contributed by atoms with E-state index in [4.69, 9.17) is 0 Å². The van der Waals surface area contributed by atoms with Crippen molar-refractivity contribution in [2.24, 2.45) is 7.05 Å². The molecule has 0 saturated heterocycles. The topological polar surface area (TPSA) is 50.2 Å². The zero-order chi connectivity index (χ0) is 14.8. The van der Waals surface area contributed by atoms with Gasteiger partial charge in [0.15, 0.2) is 0 Å². The first kappa shape index (κ1) is 13.8. The number of aryl methyl sites for hydroxylation is 1. The van der Waals surface area contributed by atoms with E-state index in [1.165, 1.54) is 11.1 Å². The Hall–Kier alpha value is -2.14. The van der Waals surface area contributed by atoms with Crippen LogP contribution < -0.4 is 5.32 Å². The number of benzene rings is 1. The Morgan fingerprint density at radius 3 is 3.05 bits per heavy atom. The minimum atomic E-state index is 0.0337. The molecular formula is C16H20N4O. The van der Waals surface area contributed by atoms with Gasteiger partial charge in [-0.25, -0.2) is 4.98 Å². The molecule has 1 aliphatic rings. The van der Waals surface area contributed by atoms with Crippen molar-refractivity contribution in [2.45, 2.75) is 19.5 Å². The van der Waals surface area contributed by atoms with Crippen molar-refractivity contribution in [3.63, 3.8) is 0 Å². The van der Waals surface area contributed by atoms with Crippen molar-refractivity contribution in [3.8, 4) is 0 Å². The largest absolute Gasteiger partial charge is 0.337 e. The predicted molar refractivity (Wildman–Crippen MR) is 80.9 cm³/mol. The van der Waals surface area contributed by atoms with E-state index in [0.29, 0.717) is 6.54 Å². The first-order valence-electron chi connectivity index (χ1n) is 7.19. The summed E-state index contributed by atoms with van der Waals surface area (Å²) in [5.41, 5.74) is 3.32. The molecule has 2 aromatic rings. The third-order valence-corrected chi connectivity index (χ3v) is 3.99. The van der Waals surface area contributed by atoms with Crippen LogP contribution in [0.5, 0.6) is 0 Å². The molecule has 0 atom stereocenters. The molecule has 5 heteroatoms. The summed E-state index contributed by atoms with van der Waals surface area (Å²) in [7, 11) is 3.75. The maximum absolute atomic E-state index is 12.5. The Morgan fingerprint density at radius 2 is 2.29 bits per heavy atom. The molecule has 1 aliphatic heterocycles. The van der Waals surface area contributed by atoms with Crippen molar-refractivity contribution in [2.75, 3.05) is 13.6 Å². The lowest BCUT2D eigenvalue weighted by Gasteiger charge is -2.20. The second kappa shape index (κ2) is 5.69. The quantitative estimate of drug-likeness (QED) is 0.925. The van der Waals surface area contributed by atoms with Gasteiger partial charge in [0.1, 0.15) is 5.82 Å². The SMILES string of the molecule is CN(Cc1nccn1C)C(=O)c1ccc2c(c1)CNCC2. The highest BCUT2D eigenvalue weighted by Gasteiger charge is 2.16. The van der Waals surface area contributed by atoms with Gasteiger partial charge in [0.25, 0.3) is 5.91 Å². The summed E-state index contributed by atoms with van der Waals surface area (Å²) < 4.78 is 1.93. The van der Waals surface area contributed by atoms with Gasteiger partial charge >= 0.3 is 0 Å². The molecule has 3 rings (SSSR count). The van der Waals surface area contributed by atoms with Crippen LogP contribution in [0.15, 0.2) is 30.6 Å². The van der Waals surface area contributed by atoms with E-state index in [2.05, 4.69) is 16.4 Å². The molecule has 1 aromatic carbocycles. The van der Waals surface area contributed by atoms with Crippen LogP contribution in [0.3, 0.4) is 0 Å². The minimum absolute atomic E-state index is 0.0337. The number of amides is 1. The first-order chi connectivity index (χ1) is 10.1. The summed E-state index contributed by atoms with van der Waals surface area (Å²) in [5, 5.41) is 3.34. The van der Waals surface area contributed by atoms with E-state index in [1.807, 2.05) is 37.0 Å². The van der Waals surface area contributed by atoms with Gasteiger partial charge in [0.2, 0.25) is 0 Å². The monoisotopic (exact) mass is 284 g/mol. The molecule has 1 aromatic heterocycles. The summed E-state index contributed by atoms with van der Waals surface area (Å²) >= 11 is 0. The molecule has 0 bridgehead atoms. The van der Waals surface area contributed by atoms with Gasteiger partial charge in [0, 0.05) is 38.6 Å². The molecule has 0 unspecified atom stereocenters. The molecule has 2 heterocycles. The molecule has 0 spiro atoms.